The number of H-pyrrole nitrogens is 1. The number of nitrogens with zero attached hydrogens (tertiary/aromatic N) is 1. The SMILES string of the molecule is C[C@H]1Cc2cc(Br)cc3[nH]c(=O)c(=O)n(c23)C1CC(=O)O. The van der Waals surface area contributed by atoms with Crippen LogP contribution in [0.15, 0.2) is 26.2 Å². The minimum Gasteiger partial charge on any atom is -0.481 e. The molecule has 0 amide bonds. The lowest BCUT2D eigenvalue weighted by Crippen LogP contribution is -2.43. The van der Waals surface area contributed by atoms with E-state index in [0.717, 1.165) is 10.0 Å². The molecule has 0 spiro atoms. The van der Waals surface area contributed by atoms with Gasteiger partial charge in [-0.2, -0.15) is 0 Å². The molecule has 0 bridgehead atoms. The number of hydrogen-bond donors (Lipinski definition) is 2. The number of benzene rings is 1. The molecular weight excluding hydrogens is 340 g/mol. The third-order valence-corrected chi connectivity index (χ3v) is 4.43. The lowest BCUT2D eigenvalue weighted by molar-refractivity contribution is -0.138. The van der Waals surface area contributed by atoms with E-state index in [-0.39, 0.29) is 12.3 Å². The van der Waals surface area contributed by atoms with E-state index in [0.29, 0.717) is 17.5 Å². The van der Waals surface area contributed by atoms with E-state index in [1.165, 1.54) is 4.57 Å². The van der Waals surface area contributed by atoms with Crippen LogP contribution in [0.1, 0.15) is 24.9 Å². The van der Waals surface area contributed by atoms with E-state index >= 15 is 0 Å². The predicted molar refractivity (Wildman–Crippen MR) is 80.7 cm³/mol. The van der Waals surface area contributed by atoms with Gasteiger partial charge in [0.1, 0.15) is 0 Å². The van der Waals surface area contributed by atoms with Gasteiger partial charge < -0.3 is 10.1 Å². The number of aliphatic carboxylic acids is 1. The first-order chi connectivity index (χ1) is 9.88. The van der Waals surface area contributed by atoms with E-state index in [4.69, 9.17) is 5.11 Å². The summed E-state index contributed by atoms with van der Waals surface area (Å²) in [4.78, 5) is 37.7. The van der Waals surface area contributed by atoms with Crippen molar-refractivity contribution in [2.45, 2.75) is 25.8 Å². The number of aromatic nitrogens is 2. The molecule has 7 heteroatoms. The summed E-state index contributed by atoms with van der Waals surface area (Å²) in [7, 11) is 0. The van der Waals surface area contributed by atoms with Crippen LogP contribution in [0, 0.1) is 5.92 Å². The minimum atomic E-state index is -0.979. The number of carbonyl (C=O) groups is 1. The molecule has 1 aliphatic heterocycles. The largest absolute Gasteiger partial charge is 0.481 e. The number of hydrogen-bond acceptors (Lipinski definition) is 3. The molecule has 0 radical (unpaired) electrons. The van der Waals surface area contributed by atoms with Crippen LogP contribution in [0.3, 0.4) is 0 Å². The van der Waals surface area contributed by atoms with Crippen LogP contribution in [0.2, 0.25) is 0 Å². The maximum atomic E-state index is 12.2. The Bertz CT molecular complexity index is 868. The second-order valence-corrected chi connectivity index (χ2v) is 6.35. The fourth-order valence-corrected chi connectivity index (χ4v) is 3.61. The van der Waals surface area contributed by atoms with Crippen molar-refractivity contribution in [2.24, 2.45) is 5.92 Å². The first-order valence-corrected chi connectivity index (χ1v) is 7.36. The van der Waals surface area contributed by atoms with Crippen LogP contribution >= 0.6 is 15.9 Å². The van der Waals surface area contributed by atoms with Crippen LogP contribution in [0.25, 0.3) is 11.0 Å². The van der Waals surface area contributed by atoms with Gasteiger partial charge >= 0.3 is 17.1 Å². The molecule has 0 fully saturated rings. The van der Waals surface area contributed by atoms with Gasteiger partial charge in [0.25, 0.3) is 0 Å². The molecule has 1 aromatic heterocycles. The quantitative estimate of drug-likeness (QED) is 0.804. The maximum absolute atomic E-state index is 12.2. The summed E-state index contributed by atoms with van der Waals surface area (Å²) in [5, 5.41) is 9.08. The van der Waals surface area contributed by atoms with Crippen molar-refractivity contribution in [3.8, 4) is 0 Å². The van der Waals surface area contributed by atoms with Crippen LogP contribution in [-0.2, 0) is 11.2 Å². The summed E-state index contributed by atoms with van der Waals surface area (Å²) in [6.07, 6.45) is 0.495. The van der Waals surface area contributed by atoms with E-state index in [9.17, 15) is 14.4 Å². The molecule has 2 heterocycles. The Morgan fingerprint density at radius 2 is 2.19 bits per heavy atom. The number of nitrogens with one attached hydrogen (secondary N) is 1. The zero-order valence-electron chi connectivity index (χ0n) is 11.2. The molecule has 2 atom stereocenters. The second kappa shape index (κ2) is 4.84. The van der Waals surface area contributed by atoms with Crippen molar-refractivity contribution >= 4 is 32.9 Å². The molecule has 21 heavy (non-hydrogen) atoms. The van der Waals surface area contributed by atoms with E-state index in [2.05, 4.69) is 20.9 Å². The molecule has 2 N–H and O–H groups in total. The Morgan fingerprint density at radius 3 is 2.86 bits per heavy atom. The fraction of sp³-hybridized carbons (Fsp3) is 0.357. The summed E-state index contributed by atoms with van der Waals surface area (Å²) in [5.74, 6) is -1.02. The molecule has 3 rings (SSSR count). The van der Waals surface area contributed by atoms with E-state index in [1.807, 2.05) is 13.0 Å². The number of rotatable bonds is 2. The standard InChI is InChI=1S/C14H13BrN2O4/c1-6-2-7-3-8(15)4-9-12(7)17(10(6)5-11(18)19)14(21)13(20)16-9/h3-4,6,10H,2,5H2,1H3,(H,16,20)(H,18,19)/t6-,10?/m0/s1. The molecule has 6 nitrogen and oxygen atoms in total. The lowest BCUT2D eigenvalue weighted by atomic mass is 9.87. The lowest BCUT2D eigenvalue weighted by Gasteiger charge is -2.32. The highest BCUT2D eigenvalue weighted by Crippen LogP contribution is 2.35. The summed E-state index contributed by atoms with van der Waals surface area (Å²) < 4.78 is 2.17. The second-order valence-electron chi connectivity index (χ2n) is 5.44. The fourth-order valence-electron chi connectivity index (χ4n) is 3.10. The third-order valence-electron chi connectivity index (χ3n) is 3.97. The maximum Gasteiger partial charge on any atom is 0.317 e. The molecule has 1 aromatic carbocycles. The number of aromatic amines is 1. The summed E-state index contributed by atoms with van der Waals surface area (Å²) in [5.41, 5.74) is 0.695. The van der Waals surface area contributed by atoms with Crippen molar-refractivity contribution in [3.05, 3.63) is 42.9 Å². The molecule has 0 saturated heterocycles. The Morgan fingerprint density at radius 1 is 1.48 bits per heavy atom. The van der Waals surface area contributed by atoms with Crippen molar-refractivity contribution < 1.29 is 9.90 Å². The molecule has 110 valence electrons. The van der Waals surface area contributed by atoms with Crippen LogP contribution in [0.4, 0.5) is 0 Å². The average molecular weight is 353 g/mol. The Kier molecular flexibility index (Phi) is 3.24. The first kappa shape index (κ1) is 14.1. The Hall–Kier alpha value is -1.89. The number of carboxylic acids is 1. The monoisotopic (exact) mass is 352 g/mol. The Labute approximate surface area is 127 Å². The smallest absolute Gasteiger partial charge is 0.317 e. The average Bonchev–Trinajstić information content (AvgIpc) is 2.37. The van der Waals surface area contributed by atoms with Crippen molar-refractivity contribution in [1.29, 1.82) is 0 Å². The molecule has 1 unspecified atom stereocenters. The van der Waals surface area contributed by atoms with Gasteiger partial charge in [-0.3, -0.25) is 19.0 Å². The van der Waals surface area contributed by atoms with Crippen molar-refractivity contribution in [3.63, 3.8) is 0 Å². The van der Waals surface area contributed by atoms with Crippen LogP contribution in [-0.4, -0.2) is 20.6 Å². The topological polar surface area (TPSA) is 92.2 Å². The third kappa shape index (κ3) is 2.21. The van der Waals surface area contributed by atoms with Gasteiger partial charge in [0.15, 0.2) is 0 Å². The zero-order valence-corrected chi connectivity index (χ0v) is 12.8. The van der Waals surface area contributed by atoms with E-state index in [1.54, 1.807) is 6.07 Å². The summed E-state index contributed by atoms with van der Waals surface area (Å²) in [6.45, 7) is 1.90. The molecule has 0 aliphatic carbocycles. The van der Waals surface area contributed by atoms with Gasteiger partial charge in [0, 0.05) is 4.47 Å². The molecule has 2 aromatic rings. The van der Waals surface area contributed by atoms with Gasteiger partial charge in [0.05, 0.1) is 23.5 Å². The predicted octanol–water partition coefficient (Wildman–Crippen LogP) is 1.66. The number of carboxylic acid groups (broad SMARTS) is 1. The van der Waals surface area contributed by atoms with Crippen LogP contribution < -0.4 is 11.1 Å². The summed E-state index contributed by atoms with van der Waals surface area (Å²) >= 11 is 3.39. The highest BCUT2D eigenvalue weighted by Gasteiger charge is 2.31. The zero-order chi connectivity index (χ0) is 15.3. The van der Waals surface area contributed by atoms with Gasteiger partial charge in [-0.15, -0.1) is 0 Å². The van der Waals surface area contributed by atoms with Crippen molar-refractivity contribution in [2.75, 3.05) is 0 Å². The van der Waals surface area contributed by atoms with Crippen molar-refractivity contribution in [1.82, 2.24) is 9.55 Å². The normalized spacial score (nSPS) is 20.7. The molecule has 0 saturated carbocycles. The van der Waals surface area contributed by atoms with Gasteiger partial charge in [-0.05, 0) is 30.0 Å². The van der Waals surface area contributed by atoms with Gasteiger partial charge in [-0.1, -0.05) is 22.9 Å². The highest BCUT2D eigenvalue weighted by atomic mass is 79.9. The van der Waals surface area contributed by atoms with Gasteiger partial charge in [-0.25, -0.2) is 0 Å². The van der Waals surface area contributed by atoms with Gasteiger partial charge in [0.2, 0.25) is 0 Å². The minimum absolute atomic E-state index is 0.0365. The molecule has 1 aliphatic rings. The summed E-state index contributed by atoms with van der Waals surface area (Å²) in [6, 6.07) is 3.13. The van der Waals surface area contributed by atoms with Crippen LogP contribution in [0.5, 0.6) is 0 Å². The molecular formula is C14H13BrN2O4. The van der Waals surface area contributed by atoms with E-state index < -0.39 is 23.1 Å². The Balaban J connectivity index is 2.42. The first-order valence-electron chi connectivity index (χ1n) is 6.57. The number of halogens is 1. The highest BCUT2D eigenvalue weighted by molar-refractivity contribution is 9.10.